The number of aromatic nitrogens is 1. The first-order valence-corrected chi connectivity index (χ1v) is 6.56. The van der Waals surface area contributed by atoms with Crippen LogP contribution in [0.3, 0.4) is 0 Å². The summed E-state index contributed by atoms with van der Waals surface area (Å²) in [6.45, 7) is 8.77. The van der Waals surface area contributed by atoms with Crippen molar-refractivity contribution in [1.29, 1.82) is 0 Å². The molecule has 1 N–H and O–H groups in total. The monoisotopic (exact) mass is 268 g/mol. The molecular formula is C14H21ClN2O. The second-order valence-electron chi connectivity index (χ2n) is 5.76. The highest BCUT2D eigenvalue weighted by molar-refractivity contribution is 6.21. The largest absolute Gasteiger partial charge is 0.351 e. The average molecular weight is 269 g/mol. The Morgan fingerprint density at radius 2 is 2.11 bits per heavy atom. The van der Waals surface area contributed by atoms with Crippen LogP contribution < -0.4 is 5.32 Å². The van der Waals surface area contributed by atoms with Gasteiger partial charge in [-0.25, -0.2) is 0 Å². The van der Waals surface area contributed by atoms with Gasteiger partial charge in [0.2, 0.25) is 0 Å². The minimum atomic E-state index is -0.123. The quantitative estimate of drug-likeness (QED) is 0.853. The molecule has 100 valence electrons. The summed E-state index contributed by atoms with van der Waals surface area (Å²) in [5, 5.41) is 2.78. The molecule has 1 aromatic rings. The van der Waals surface area contributed by atoms with Crippen molar-refractivity contribution in [2.24, 2.45) is 5.41 Å². The van der Waals surface area contributed by atoms with Crippen molar-refractivity contribution in [2.45, 2.75) is 39.5 Å². The van der Waals surface area contributed by atoms with E-state index in [4.69, 9.17) is 11.6 Å². The first-order chi connectivity index (χ1) is 8.28. The molecule has 1 amide bonds. The third kappa shape index (κ3) is 5.50. The Morgan fingerprint density at radius 3 is 2.61 bits per heavy atom. The van der Waals surface area contributed by atoms with Crippen LogP contribution in [-0.2, 0) is 0 Å². The van der Waals surface area contributed by atoms with Gasteiger partial charge < -0.3 is 5.32 Å². The highest BCUT2D eigenvalue weighted by atomic mass is 35.5. The molecule has 18 heavy (non-hydrogen) atoms. The first-order valence-electron chi connectivity index (χ1n) is 6.13. The number of carbonyl (C=O) groups excluding carboxylic acids is 1. The van der Waals surface area contributed by atoms with Gasteiger partial charge >= 0.3 is 0 Å². The molecule has 1 atom stereocenters. The lowest BCUT2D eigenvalue weighted by Gasteiger charge is -2.21. The third-order valence-corrected chi connectivity index (χ3v) is 2.80. The van der Waals surface area contributed by atoms with Gasteiger partial charge in [0.1, 0.15) is 0 Å². The molecule has 1 unspecified atom stereocenters. The molecule has 1 heterocycles. The Balaban J connectivity index is 2.44. The van der Waals surface area contributed by atoms with E-state index < -0.39 is 0 Å². The Morgan fingerprint density at radius 1 is 1.44 bits per heavy atom. The van der Waals surface area contributed by atoms with E-state index in [0.717, 1.165) is 12.1 Å². The van der Waals surface area contributed by atoms with Crippen molar-refractivity contribution in [3.63, 3.8) is 0 Å². The summed E-state index contributed by atoms with van der Waals surface area (Å²) < 4.78 is 0. The van der Waals surface area contributed by atoms with E-state index >= 15 is 0 Å². The maximum Gasteiger partial charge on any atom is 0.252 e. The predicted molar refractivity (Wildman–Crippen MR) is 75.0 cm³/mol. The summed E-state index contributed by atoms with van der Waals surface area (Å²) in [5.74, 6) is -0.123. The van der Waals surface area contributed by atoms with E-state index in [-0.39, 0.29) is 16.7 Å². The van der Waals surface area contributed by atoms with Gasteiger partial charge in [-0.3, -0.25) is 9.78 Å². The van der Waals surface area contributed by atoms with Crippen LogP contribution in [0.1, 0.15) is 43.2 Å². The van der Waals surface area contributed by atoms with Gasteiger partial charge in [-0.1, -0.05) is 20.8 Å². The molecule has 0 aliphatic heterocycles. The summed E-state index contributed by atoms with van der Waals surface area (Å²) in [7, 11) is 0. The minimum Gasteiger partial charge on any atom is -0.351 e. The average Bonchev–Trinajstić information content (AvgIpc) is 2.24. The van der Waals surface area contributed by atoms with Gasteiger partial charge in [-0.05, 0) is 30.9 Å². The fraction of sp³-hybridized carbons (Fsp3) is 0.571. The molecule has 0 saturated heterocycles. The Labute approximate surface area is 114 Å². The van der Waals surface area contributed by atoms with E-state index in [1.165, 1.54) is 0 Å². The van der Waals surface area contributed by atoms with Crippen molar-refractivity contribution >= 4 is 17.5 Å². The third-order valence-electron chi connectivity index (χ3n) is 2.49. The van der Waals surface area contributed by atoms with Crippen LogP contribution >= 0.6 is 11.6 Å². The number of hydrogen-bond donors (Lipinski definition) is 1. The number of pyridine rings is 1. The minimum absolute atomic E-state index is 0.0487. The number of aryl methyl sites for hydroxylation is 1. The number of carbonyl (C=O) groups is 1. The molecule has 0 radical (unpaired) electrons. The van der Waals surface area contributed by atoms with E-state index in [1.807, 2.05) is 13.0 Å². The van der Waals surface area contributed by atoms with E-state index in [1.54, 1.807) is 12.3 Å². The Kier molecular flexibility index (Phi) is 5.15. The maximum absolute atomic E-state index is 11.8. The number of alkyl halides is 1. The van der Waals surface area contributed by atoms with Crippen LogP contribution in [0.4, 0.5) is 0 Å². The van der Waals surface area contributed by atoms with E-state index in [0.29, 0.717) is 12.1 Å². The molecule has 0 aliphatic carbocycles. The molecule has 0 saturated carbocycles. The van der Waals surface area contributed by atoms with Crippen LogP contribution in [-0.4, -0.2) is 22.8 Å². The lowest BCUT2D eigenvalue weighted by molar-refractivity contribution is 0.0951. The van der Waals surface area contributed by atoms with Crippen LogP contribution in [0.5, 0.6) is 0 Å². The second-order valence-corrected chi connectivity index (χ2v) is 6.38. The molecule has 0 aromatic carbocycles. The van der Waals surface area contributed by atoms with Gasteiger partial charge in [-0.15, -0.1) is 11.6 Å². The number of nitrogens with zero attached hydrogens (tertiary/aromatic N) is 1. The fourth-order valence-electron chi connectivity index (χ4n) is 1.64. The summed E-state index contributed by atoms with van der Waals surface area (Å²) in [6.07, 6.45) is 2.44. The number of amides is 1. The van der Waals surface area contributed by atoms with Crippen molar-refractivity contribution < 1.29 is 4.79 Å². The van der Waals surface area contributed by atoms with E-state index in [9.17, 15) is 4.79 Å². The number of nitrogens with one attached hydrogen (secondary N) is 1. The lowest BCUT2D eigenvalue weighted by Crippen LogP contribution is -2.31. The standard InChI is InChI=1S/C14H21ClN2O/c1-10-5-6-11(8-16-10)13(18)17-9-12(15)7-14(2,3)4/h5-6,8,12H,7,9H2,1-4H3,(H,17,18). The normalized spacial score (nSPS) is 13.2. The molecule has 1 rings (SSSR count). The highest BCUT2D eigenvalue weighted by Crippen LogP contribution is 2.23. The molecule has 0 bridgehead atoms. The SMILES string of the molecule is Cc1ccc(C(=O)NCC(Cl)CC(C)(C)C)cn1. The molecule has 1 aromatic heterocycles. The Bertz CT molecular complexity index is 395. The second kappa shape index (κ2) is 6.19. The van der Waals surface area contributed by atoms with Gasteiger partial charge in [0.15, 0.2) is 0 Å². The lowest BCUT2D eigenvalue weighted by atomic mass is 9.90. The van der Waals surface area contributed by atoms with Gasteiger partial charge in [-0.2, -0.15) is 0 Å². The number of rotatable bonds is 4. The van der Waals surface area contributed by atoms with Gasteiger partial charge in [0, 0.05) is 18.4 Å². The summed E-state index contributed by atoms with van der Waals surface area (Å²) in [5.41, 5.74) is 1.64. The highest BCUT2D eigenvalue weighted by Gasteiger charge is 2.17. The summed E-state index contributed by atoms with van der Waals surface area (Å²) in [4.78, 5) is 15.9. The maximum atomic E-state index is 11.8. The first kappa shape index (κ1) is 15.0. The summed E-state index contributed by atoms with van der Waals surface area (Å²) >= 11 is 6.19. The van der Waals surface area contributed by atoms with Crippen molar-refractivity contribution in [3.05, 3.63) is 29.6 Å². The molecule has 3 nitrogen and oxygen atoms in total. The zero-order valence-electron chi connectivity index (χ0n) is 11.5. The van der Waals surface area contributed by atoms with Crippen molar-refractivity contribution in [2.75, 3.05) is 6.54 Å². The Hall–Kier alpha value is -1.09. The van der Waals surface area contributed by atoms with Crippen molar-refractivity contribution in [3.8, 4) is 0 Å². The zero-order valence-corrected chi connectivity index (χ0v) is 12.2. The predicted octanol–water partition coefficient (Wildman–Crippen LogP) is 3.16. The molecule has 4 heteroatoms. The van der Waals surface area contributed by atoms with Crippen LogP contribution in [0, 0.1) is 12.3 Å². The zero-order chi connectivity index (χ0) is 13.8. The molecule has 0 fully saturated rings. The van der Waals surface area contributed by atoms with Crippen LogP contribution in [0.2, 0.25) is 0 Å². The fourth-order valence-corrected chi connectivity index (χ4v) is 2.18. The van der Waals surface area contributed by atoms with Gasteiger partial charge in [0.05, 0.1) is 10.9 Å². The van der Waals surface area contributed by atoms with Crippen molar-refractivity contribution in [1.82, 2.24) is 10.3 Å². The molecule has 0 aliphatic rings. The van der Waals surface area contributed by atoms with Crippen LogP contribution in [0.25, 0.3) is 0 Å². The number of halogens is 1. The summed E-state index contributed by atoms with van der Waals surface area (Å²) in [6, 6.07) is 3.59. The molecule has 0 spiro atoms. The smallest absolute Gasteiger partial charge is 0.252 e. The molecular weight excluding hydrogens is 248 g/mol. The number of hydrogen-bond acceptors (Lipinski definition) is 2. The topological polar surface area (TPSA) is 42.0 Å². The van der Waals surface area contributed by atoms with Gasteiger partial charge in [0.25, 0.3) is 5.91 Å². The van der Waals surface area contributed by atoms with E-state index in [2.05, 4.69) is 31.1 Å². The van der Waals surface area contributed by atoms with Crippen LogP contribution in [0.15, 0.2) is 18.3 Å².